The molecular weight excluding hydrogens is 296 g/mol. The maximum atomic E-state index is 12.5. The molecule has 0 saturated carbocycles. The molecule has 0 bridgehead atoms. The van der Waals surface area contributed by atoms with Gasteiger partial charge in [0.25, 0.3) is 5.91 Å². The van der Waals surface area contributed by atoms with Crippen LogP contribution < -0.4 is 10.6 Å². The number of carbonyl (C=O) groups is 1. The lowest BCUT2D eigenvalue weighted by atomic mass is 9.79. The first kappa shape index (κ1) is 15.5. The van der Waals surface area contributed by atoms with E-state index < -0.39 is 0 Å². The van der Waals surface area contributed by atoms with E-state index in [9.17, 15) is 4.79 Å². The normalized spacial score (nSPS) is 17.5. The first-order chi connectivity index (χ1) is 10.7. The number of nitrogens with one attached hydrogen (secondary N) is 2. The van der Waals surface area contributed by atoms with Gasteiger partial charge in [0.1, 0.15) is 0 Å². The molecule has 1 aromatic heterocycles. The van der Waals surface area contributed by atoms with E-state index >= 15 is 0 Å². The van der Waals surface area contributed by atoms with Gasteiger partial charge in [0.2, 0.25) is 0 Å². The largest absolute Gasteiger partial charge is 0.384 e. The molecule has 1 fully saturated rings. The molecule has 2 heterocycles. The molecule has 0 spiro atoms. The zero-order valence-electron chi connectivity index (χ0n) is 12.9. The number of carbonyl (C=O) groups excluding carboxylic acids is 1. The van der Waals surface area contributed by atoms with Gasteiger partial charge in [0.15, 0.2) is 0 Å². The molecule has 1 saturated heterocycles. The first-order valence-electron chi connectivity index (χ1n) is 7.68. The third-order valence-electron chi connectivity index (χ3n) is 4.46. The number of fused-ring (bicyclic) bond motifs is 1. The van der Waals surface area contributed by atoms with Crippen molar-refractivity contribution in [2.75, 3.05) is 33.4 Å². The molecule has 5 heteroatoms. The molecule has 1 aromatic carbocycles. The minimum absolute atomic E-state index is 0.0199. The number of hydrogen-bond donors (Lipinski definition) is 2. The quantitative estimate of drug-likeness (QED) is 0.891. The second kappa shape index (κ2) is 6.77. The van der Waals surface area contributed by atoms with Crippen molar-refractivity contribution < 1.29 is 9.53 Å². The van der Waals surface area contributed by atoms with E-state index in [-0.39, 0.29) is 11.3 Å². The predicted molar refractivity (Wildman–Crippen MR) is 90.6 cm³/mol. The van der Waals surface area contributed by atoms with Crippen molar-refractivity contribution in [3.8, 4) is 0 Å². The number of thiophene rings is 1. The van der Waals surface area contributed by atoms with Crippen LogP contribution in [0.2, 0.25) is 0 Å². The molecular formula is C17H22N2O2S. The Morgan fingerprint density at radius 3 is 2.91 bits per heavy atom. The van der Waals surface area contributed by atoms with Gasteiger partial charge in [0, 0.05) is 34.5 Å². The lowest BCUT2D eigenvalue weighted by Crippen LogP contribution is -2.47. The average molecular weight is 318 g/mol. The smallest absolute Gasteiger partial charge is 0.252 e. The third-order valence-corrected chi connectivity index (χ3v) is 5.43. The van der Waals surface area contributed by atoms with E-state index in [4.69, 9.17) is 4.74 Å². The van der Waals surface area contributed by atoms with Crippen LogP contribution in [-0.2, 0) is 4.74 Å². The molecule has 2 N–H and O–H groups in total. The summed E-state index contributed by atoms with van der Waals surface area (Å²) in [7, 11) is 1.73. The Balaban J connectivity index is 1.71. The Bertz CT molecular complexity index is 641. The highest BCUT2D eigenvalue weighted by Crippen LogP contribution is 2.29. The van der Waals surface area contributed by atoms with Crippen LogP contribution in [-0.4, -0.2) is 39.3 Å². The summed E-state index contributed by atoms with van der Waals surface area (Å²) in [6.45, 7) is 3.34. The molecule has 0 atom stereocenters. The lowest BCUT2D eigenvalue weighted by molar-refractivity contribution is 0.0512. The van der Waals surface area contributed by atoms with Crippen LogP contribution in [0.3, 0.4) is 0 Å². The summed E-state index contributed by atoms with van der Waals surface area (Å²) in [6, 6.07) is 8.04. The predicted octanol–water partition coefficient (Wildman–Crippen LogP) is 2.65. The maximum absolute atomic E-state index is 12.5. The highest BCUT2D eigenvalue weighted by molar-refractivity contribution is 7.17. The lowest BCUT2D eigenvalue weighted by Gasteiger charge is -2.37. The van der Waals surface area contributed by atoms with Crippen molar-refractivity contribution in [3.63, 3.8) is 0 Å². The van der Waals surface area contributed by atoms with Crippen molar-refractivity contribution in [3.05, 3.63) is 35.2 Å². The fraction of sp³-hybridized carbons (Fsp3) is 0.471. The van der Waals surface area contributed by atoms with Gasteiger partial charge in [-0.25, -0.2) is 0 Å². The summed E-state index contributed by atoms with van der Waals surface area (Å²) in [4.78, 5) is 12.5. The average Bonchev–Trinajstić information content (AvgIpc) is 2.98. The maximum Gasteiger partial charge on any atom is 0.252 e. The number of benzene rings is 1. The van der Waals surface area contributed by atoms with E-state index in [0.717, 1.165) is 41.6 Å². The molecule has 4 nitrogen and oxygen atoms in total. The van der Waals surface area contributed by atoms with Gasteiger partial charge in [-0.05, 0) is 32.0 Å². The Morgan fingerprint density at radius 2 is 2.14 bits per heavy atom. The first-order valence-corrected chi connectivity index (χ1v) is 8.56. The summed E-state index contributed by atoms with van der Waals surface area (Å²) in [5.41, 5.74) is 0.837. The third kappa shape index (κ3) is 3.16. The Morgan fingerprint density at radius 1 is 1.36 bits per heavy atom. The van der Waals surface area contributed by atoms with Crippen molar-refractivity contribution in [1.82, 2.24) is 10.6 Å². The SMILES string of the molecule is COCC1(CNC(=O)c2csc3ccccc23)CCNCC1. The van der Waals surface area contributed by atoms with E-state index in [2.05, 4.69) is 16.7 Å². The van der Waals surface area contributed by atoms with E-state index in [1.807, 2.05) is 23.6 Å². The summed E-state index contributed by atoms with van der Waals surface area (Å²) in [6.07, 6.45) is 2.07. The monoisotopic (exact) mass is 318 g/mol. The molecule has 118 valence electrons. The number of amides is 1. The summed E-state index contributed by atoms with van der Waals surface area (Å²) in [5, 5.41) is 9.49. The number of methoxy groups -OCH3 is 1. The summed E-state index contributed by atoms with van der Waals surface area (Å²) >= 11 is 1.62. The van der Waals surface area contributed by atoms with Crippen molar-refractivity contribution in [2.24, 2.45) is 5.41 Å². The molecule has 1 aliphatic rings. The molecule has 0 radical (unpaired) electrons. The van der Waals surface area contributed by atoms with Crippen molar-refractivity contribution in [2.45, 2.75) is 12.8 Å². The molecule has 0 unspecified atom stereocenters. The second-order valence-electron chi connectivity index (χ2n) is 6.01. The van der Waals surface area contributed by atoms with Crippen LogP contribution in [0.25, 0.3) is 10.1 Å². The van der Waals surface area contributed by atoms with E-state index in [1.54, 1.807) is 18.4 Å². The van der Waals surface area contributed by atoms with Crippen molar-refractivity contribution in [1.29, 1.82) is 0 Å². The number of ether oxygens (including phenoxy) is 1. The Labute approximate surface area is 134 Å². The minimum atomic E-state index is 0.0199. The zero-order chi connectivity index (χ0) is 15.4. The van der Waals surface area contributed by atoms with Gasteiger partial charge in [-0.15, -0.1) is 11.3 Å². The van der Waals surface area contributed by atoms with E-state index in [1.165, 1.54) is 0 Å². The Kier molecular flexibility index (Phi) is 4.76. The standard InChI is InChI=1S/C17H22N2O2S/c1-21-12-17(6-8-18-9-7-17)11-19-16(20)14-10-22-15-5-3-2-4-13(14)15/h2-5,10,18H,6-9,11-12H2,1H3,(H,19,20). The van der Waals surface area contributed by atoms with Gasteiger partial charge in [-0.2, -0.15) is 0 Å². The van der Waals surface area contributed by atoms with Crippen LogP contribution in [0.4, 0.5) is 0 Å². The highest BCUT2D eigenvalue weighted by Gasteiger charge is 2.32. The number of piperidine rings is 1. The zero-order valence-corrected chi connectivity index (χ0v) is 13.7. The van der Waals surface area contributed by atoms with E-state index in [0.29, 0.717) is 13.2 Å². The van der Waals surface area contributed by atoms with Gasteiger partial charge < -0.3 is 15.4 Å². The molecule has 1 amide bonds. The Hall–Kier alpha value is -1.43. The van der Waals surface area contributed by atoms with Crippen LogP contribution in [0.15, 0.2) is 29.6 Å². The molecule has 22 heavy (non-hydrogen) atoms. The summed E-state index contributed by atoms with van der Waals surface area (Å²) in [5.74, 6) is 0.0199. The van der Waals surface area contributed by atoms with Crippen LogP contribution in [0, 0.1) is 5.41 Å². The van der Waals surface area contributed by atoms with Gasteiger partial charge >= 0.3 is 0 Å². The van der Waals surface area contributed by atoms with Crippen LogP contribution >= 0.6 is 11.3 Å². The minimum Gasteiger partial charge on any atom is -0.384 e. The highest BCUT2D eigenvalue weighted by atomic mass is 32.1. The fourth-order valence-corrected chi connectivity index (χ4v) is 4.09. The second-order valence-corrected chi connectivity index (χ2v) is 6.92. The molecule has 0 aliphatic carbocycles. The van der Waals surface area contributed by atoms with Crippen LogP contribution in [0.5, 0.6) is 0 Å². The molecule has 3 rings (SSSR count). The molecule has 1 aliphatic heterocycles. The van der Waals surface area contributed by atoms with Gasteiger partial charge in [-0.1, -0.05) is 18.2 Å². The van der Waals surface area contributed by atoms with Gasteiger partial charge in [0.05, 0.1) is 12.2 Å². The number of rotatable bonds is 5. The fourth-order valence-electron chi connectivity index (χ4n) is 3.15. The molecule has 2 aromatic rings. The van der Waals surface area contributed by atoms with Crippen LogP contribution in [0.1, 0.15) is 23.2 Å². The van der Waals surface area contributed by atoms with Crippen molar-refractivity contribution >= 4 is 27.3 Å². The van der Waals surface area contributed by atoms with Gasteiger partial charge in [-0.3, -0.25) is 4.79 Å². The topological polar surface area (TPSA) is 50.4 Å². The number of hydrogen-bond acceptors (Lipinski definition) is 4. The summed E-state index contributed by atoms with van der Waals surface area (Å²) < 4.78 is 6.55.